The van der Waals surface area contributed by atoms with E-state index in [2.05, 4.69) is 19.1 Å². The van der Waals surface area contributed by atoms with Gasteiger partial charge in [-0.1, -0.05) is 25.5 Å². The van der Waals surface area contributed by atoms with Gasteiger partial charge in [0, 0.05) is 11.1 Å². The lowest BCUT2D eigenvalue weighted by molar-refractivity contribution is 0.361. The molecule has 1 heteroatoms. The van der Waals surface area contributed by atoms with E-state index in [0.29, 0.717) is 10.8 Å². The smallest absolute Gasteiger partial charge is 0.123 e. The van der Waals surface area contributed by atoms with Crippen LogP contribution in [0.15, 0.2) is 12.1 Å². The van der Waals surface area contributed by atoms with E-state index >= 15 is 0 Å². The van der Waals surface area contributed by atoms with E-state index in [-0.39, 0.29) is 0 Å². The molecule has 1 aromatic carbocycles. The van der Waals surface area contributed by atoms with Crippen LogP contribution in [0.2, 0.25) is 0 Å². The fourth-order valence-electron chi connectivity index (χ4n) is 7.34. The SMILES string of the molecule is CCCCc1ccc(C23CCC(CC2)C3)c(O)c1C12CCC(CC1)C2. The molecule has 0 aromatic heterocycles. The number of phenolic OH excluding ortho intramolecular Hbond substituents is 1. The van der Waals surface area contributed by atoms with Crippen LogP contribution in [0.3, 0.4) is 0 Å². The Labute approximate surface area is 153 Å². The van der Waals surface area contributed by atoms with Gasteiger partial charge in [-0.25, -0.2) is 0 Å². The molecule has 4 saturated carbocycles. The summed E-state index contributed by atoms with van der Waals surface area (Å²) in [6.45, 7) is 2.28. The normalized spacial score (nSPS) is 38.8. The average Bonchev–Trinajstić information content (AvgIpc) is 3.40. The molecule has 0 radical (unpaired) electrons. The molecule has 0 saturated heterocycles. The molecular formula is C24H34O. The van der Waals surface area contributed by atoms with Gasteiger partial charge in [-0.15, -0.1) is 0 Å². The van der Waals surface area contributed by atoms with Crippen molar-refractivity contribution >= 4 is 0 Å². The monoisotopic (exact) mass is 338 g/mol. The summed E-state index contributed by atoms with van der Waals surface area (Å²) in [6, 6.07) is 4.77. The predicted molar refractivity (Wildman–Crippen MR) is 103 cm³/mol. The van der Waals surface area contributed by atoms with Gasteiger partial charge in [0.15, 0.2) is 0 Å². The van der Waals surface area contributed by atoms with Crippen molar-refractivity contribution in [3.05, 3.63) is 28.8 Å². The zero-order valence-electron chi connectivity index (χ0n) is 15.9. The molecule has 1 N–H and O–H groups in total. The highest BCUT2D eigenvalue weighted by molar-refractivity contribution is 5.54. The summed E-state index contributed by atoms with van der Waals surface area (Å²) in [4.78, 5) is 0. The van der Waals surface area contributed by atoms with Crippen molar-refractivity contribution in [2.45, 2.75) is 101 Å². The van der Waals surface area contributed by atoms with Crippen LogP contribution in [0.4, 0.5) is 0 Å². The molecule has 4 fully saturated rings. The largest absolute Gasteiger partial charge is 0.507 e. The Morgan fingerprint density at radius 2 is 1.52 bits per heavy atom. The van der Waals surface area contributed by atoms with Gasteiger partial charge in [-0.3, -0.25) is 0 Å². The van der Waals surface area contributed by atoms with Crippen LogP contribution in [0, 0.1) is 11.8 Å². The number of rotatable bonds is 5. The number of unbranched alkanes of at least 4 members (excludes halogenated alkanes) is 1. The first-order valence-corrected chi connectivity index (χ1v) is 11.0. The van der Waals surface area contributed by atoms with Gasteiger partial charge in [-0.05, 0) is 105 Å². The van der Waals surface area contributed by atoms with Crippen LogP contribution in [-0.2, 0) is 17.3 Å². The molecule has 4 aliphatic rings. The van der Waals surface area contributed by atoms with E-state index in [9.17, 15) is 5.11 Å². The number of aromatic hydroxyl groups is 1. The van der Waals surface area contributed by atoms with Gasteiger partial charge in [0.1, 0.15) is 5.75 Å². The second-order valence-corrected chi connectivity index (χ2v) is 9.96. The fraction of sp³-hybridized carbons (Fsp3) is 0.750. The summed E-state index contributed by atoms with van der Waals surface area (Å²) < 4.78 is 0. The van der Waals surface area contributed by atoms with Crippen molar-refractivity contribution in [3.8, 4) is 5.75 Å². The number of aryl methyl sites for hydroxylation is 1. The number of benzene rings is 1. The maximum atomic E-state index is 11.6. The molecule has 0 aliphatic heterocycles. The van der Waals surface area contributed by atoms with Crippen molar-refractivity contribution in [2.24, 2.45) is 11.8 Å². The molecule has 0 spiro atoms. The van der Waals surface area contributed by atoms with Crippen molar-refractivity contribution in [1.29, 1.82) is 0 Å². The minimum atomic E-state index is 0.319. The maximum absolute atomic E-state index is 11.6. The lowest BCUT2D eigenvalue weighted by Gasteiger charge is -2.35. The molecule has 0 unspecified atom stereocenters. The van der Waals surface area contributed by atoms with E-state index in [4.69, 9.17) is 0 Å². The second kappa shape index (κ2) is 5.76. The van der Waals surface area contributed by atoms with Gasteiger partial charge in [0.05, 0.1) is 0 Å². The van der Waals surface area contributed by atoms with Crippen LogP contribution >= 0.6 is 0 Å². The van der Waals surface area contributed by atoms with Crippen LogP contribution in [0.5, 0.6) is 5.75 Å². The van der Waals surface area contributed by atoms with Crippen LogP contribution in [0.25, 0.3) is 0 Å². The van der Waals surface area contributed by atoms with Gasteiger partial charge in [0.2, 0.25) is 0 Å². The van der Waals surface area contributed by atoms with E-state index in [1.807, 2.05) is 0 Å². The van der Waals surface area contributed by atoms with Crippen LogP contribution in [-0.4, -0.2) is 5.11 Å². The molecule has 25 heavy (non-hydrogen) atoms. The van der Waals surface area contributed by atoms with Crippen molar-refractivity contribution in [1.82, 2.24) is 0 Å². The number of hydrogen-bond acceptors (Lipinski definition) is 1. The third-order valence-corrected chi connectivity index (χ3v) is 8.65. The Bertz CT molecular complexity index is 657. The molecule has 5 rings (SSSR count). The average molecular weight is 339 g/mol. The molecular weight excluding hydrogens is 304 g/mol. The highest BCUT2D eigenvalue weighted by atomic mass is 16.3. The number of hydrogen-bond donors (Lipinski definition) is 1. The standard InChI is InChI=1S/C24H34O/c1-2-3-4-19-5-6-20(23-11-7-17(15-23)8-12-23)22(25)21(19)24-13-9-18(16-24)10-14-24/h5-6,17-18,25H,2-4,7-16H2,1H3. The molecule has 4 aliphatic carbocycles. The fourth-order valence-corrected chi connectivity index (χ4v) is 7.34. The van der Waals surface area contributed by atoms with E-state index < -0.39 is 0 Å². The third-order valence-electron chi connectivity index (χ3n) is 8.65. The number of fused-ring (bicyclic) bond motifs is 4. The molecule has 136 valence electrons. The van der Waals surface area contributed by atoms with Crippen molar-refractivity contribution < 1.29 is 5.11 Å². The zero-order valence-corrected chi connectivity index (χ0v) is 15.9. The minimum Gasteiger partial charge on any atom is -0.507 e. The van der Waals surface area contributed by atoms with Crippen LogP contribution in [0.1, 0.15) is 101 Å². The first-order valence-electron chi connectivity index (χ1n) is 11.0. The third kappa shape index (κ3) is 2.33. The Balaban J connectivity index is 1.62. The van der Waals surface area contributed by atoms with E-state index in [1.54, 1.807) is 0 Å². The van der Waals surface area contributed by atoms with Crippen molar-refractivity contribution in [3.63, 3.8) is 0 Å². The predicted octanol–water partition coefficient (Wildman–Crippen LogP) is 6.40. The summed E-state index contributed by atoms with van der Waals surface area (Å²) in [5.74, 6) is 2.62. The summed E-state index contributed by atoms with van der Waals surface area (Å²) in [7, 11) is 0. The van der Waals surface area contributed by atoms with E-state index in [1.165, 1.54) is 93.7 Å². The van der Waals surface area contributed by atoms with Gasteiger partial charge < -0.3 is 5.11 Å². The Kier molecular flexibility index (Phi) is 3.74. The van der Waals surface area contributed by atoms with Crippen molar-refractivity contribution in [2.75, 3.05) is 0 Å². The Hall–Kier alpha value is -0.980. The highest BCUT2D eigenvalue weighted by Crippen LogP contribution is 2.62. The summed E-state index contributed by atoms with van der Waals surface area (Å²) >= 11 is 0. The Morgan fingerprint density at radius 3 is 2.04 bits per heavy atom. The van der Waals surface area contributed by atoms with Crippen LogP contribution < -0.4 is 0 Å². The first kappa shape index (κ1) is 16.2. The molecule has 0 atom stereocenters. The van der Waals surface area contributed by atoms with Gasteiger partial charge in [0.25, 0.3) is 0 Å². The lowest BCUT2D eigenvalue weighted by atomic mass is 9.70. The Morgan fingerprint density at radius 1 is 0.920 bits per heavy atom. The second-order valence-electron chi connectivity index (χ2n) is 9.96. The van der Waals surface area contributed by atoms with E-state index in [0.717, 1.165) is 24.0 Å². The molecule has 1 nitrogen and oxygen atoms in total. The quantitative estimate of drug-likeness (QED) is 0.658. The molecule has 0 heterocycles. The minimum absolute atomic E-state index is 0.319. The molecule has 0 amide bonds. The lowest BCUT2D eigenvalue weighted by Crippen LogP contribution is -2.25. The summed E-state index contributed by atoms with van der Waals surface area (Å²) in [5, 5.41) is 11.6. The van der Waals surface area contributed by atoms with Gasteiger partial charge >= 0.3 is 0 Å². The molecule has 1 aromatic rings. The van der Waals surface area contributed by atoms with Gasteiger partial charge in [-0.2, -0.15) is 0 Å². The topological polar surface area (TPSA) is 20.2 Å². The highest BCUT2D eigenvalue weighted by Gasteiger charge is 2.51. The summed E-state index contributed by atoms with van der Waals surface area (Å²) in [5.41, 5.74) is 4.88. The zero-order chi connectivity index (χ0) is 17.1. The maximum Gasteiger partial charge on any atom is 0.123 e. The first-order chi connectivity index (χ1) is 12.2. The summed E-state index contributed by atoms with van der Waals surface area (Å²) in [6.07, 6.45) is 17.2. The molecule has 4 bridgehead atoms. The number of phenols is 1.